The molecule has 0 aromatic heterocycles. The van der Waals surface area contributed by atoms with E-state index in [0.717, 1.165) is 11.1 Å². The van der Waals surface area contributed by atoms with E-state index in [2.05, 4.69) is 0 Å². The van der Waals surface area contributed by atoms with E-state index in [1.165, 1.54) is 0 Å². The molecular formula is C15H16O4. The zero-order valence-corrected chi connectivity index (χ0v) is 10.9. The summed E-state index contributed by atoms with van der Waals surface area (Å²) < 4.78 is 15.3. The van der Waals surface area contributed by atoms with Gasteiger partial charge in [-0.15, -0.1) is 0 Å². The molecule has 0 heterocycles. The van der Waals surface area contributed by atoms with Crippen LogP contribution in [0.15, 0.2) is 42.5 Å². The maximum atomic E-state index is 9.89. The molecule has 0 amide bonds. The van der Waals surface area contributed by atoms with Gasteiger partial charge in [-0.05, 0) is 35.9 Å². The number of phenolic OH excluding ortho intramolecular Hbond substituents is 1. The van der Waals surface area contributed by atoms with Gasteiger partial charge in [-0.2, -0.15) is 0 Å². The summed E-state index contributed by atoms with van der Waals surface area (Å²) in [6, 6.07) is 12.5. The molecule has 19 heavy (non-hydrogen) atoms. The van der Waals surface area contributed by atoms with E-state index in [4.69, 9.17) is 14.2 Å². The Bertz CT molecular complexity index is 534. The molecule has 0 aliphatic heterocycles. The van der Waals surface area contributed by atoms with Gasteiger partial charge in [0.15, 0.2) is 6.79 Å². The fourth-order valence-electron chi connectivity index (χ4n) is 1.73. The van der Waals surface area contributed by atoms with Crippen molar-refractivity contribution in [2.24, 2.45) is 0 Å². The standard InChI is InChI=1S/C15H16O4/c1-17-10-19-12-5-3-11(4-6-12)14-9-13(18-2)7-8-15(14)16/h3-9,16H,10H2,1-2H3. The fraction of sp³-hybridized carbons (Fsp3) is 0.200. The molecule has 0 aliphatic rings. The van der Waals surface area contributed by atoms with Crippen LogP contribution in [0.2, 0.25) is 0 Å². The molecule has 0 unspecified atom stereocenters. The molecule has 2 aromatic rings. The van der Waals surface area contributed by atoms with Crippen LogP contribution < -0.4 is 9.47 Å². The zero-order chi connectivity index (χ0) is 13.7. The first kappa shape index (κ1) is 13.2. The number of ether oxygens (including phenoxy) is 3. The van der Waals surface area contributed by atoms with E-state index in [-0.39, 0.29) is 12.5 Å². The highest BCUT2D eigenvalue weighted by Crippen LogP contribution is 2.33. The lowest BCUT2D eigenvalue weighted by Gasteiger charge is -2.09. The Morgan fingerprint density at radius 1 is 0.947 bits per heavy atom. The molecule has 0 atom stereocenters. The largest absolute Gasteiger partial charge is 0.507 e. The van der Waals surface area contributed by atoms with E-state index in [1.807, 2.05) is 24.3 Å². The molecule has 0 aliphatic carbocycles. The van der Waals surface area contributed by atoms with Crippen molar-refractivity contribution < 1.29 is 19.3 Å². The van der Waals surface area contributed by atoms with Gasteiger partial charge in [0.25, 0.3) is 0 Å². The van der Waals surface area contributed by atoms with Crippen LogP contribution in [-0.4, -0.2) is 26.1 Å². The van der Waals surface area contributed by atoms with Crippen molar-refractivity contribution in [2.45, 2.75) is 0 Å². The fourth-order valence-corrected chi connectivity index (χ4v) is 1.73. The van der Waals surface area contributed by atoms with Crippen LogP contribution >= 0.6 is 0 Å². The van der Waals surface area contributed by atoms with Crippen LogP contribution in [0.25, 0.3) is 11.1 Å². The molecule has 4 nitrogen and oxygen atoms in total. The highest BCUT2D eigenvalue weighted by Gasteiger charge is 2.06. The summed E-state index contributed by atoms with van der Waals surface area (Å²) in [5.41, 5.74) is 1.61. The van der Waals surface area contributed by atoms with Crippen molar-refractivity contribution in [1.82, 2.24) is 0 Å². The maximum absolute atomic E-state index is 9.89. The molecule has 2 rings (SSSR count). The first-order valence-corrected chi connectivity index (χ1v) is 5.84. The molecule has 0 spiro atoms. The second kappa shape index (κ2) is 6.11. The number of methoxy groups -OCH3 is 2. The van der Waals surface area contributed by atoms with Gasteiger partial charge in [-0.3, -0.25) is 0 Å². The molecule has 2 aromatic carbocycles. The number of aromatic hydroxyl groups is 1. The lowest BCUT2D eigenvalue weighted by Crippen LogP contribution is -1.98. The van der Waals surface area contributed by atoms with Crippen molar-refractivity contribution in [3.05, 3.63) is 42.5 Å². The van der Waals surface area contributed by atoms with Gasteiger partial charge >= 0.3 is 0 Å². The van der Waals surface area contributed by atoms with E-state index < -0.39 is 0 Å². The predicted octanol–water partition coefficient (Wildman–Crippen LogP) is 3.05. The first-order chi connectivity index (χ1) is 9.24. The Kier molecular flexibility index (Phi) is 4.26. The molecular weight excluding hydrogens is 244 g/mol. The summed E-state index contributed by atoms with van der Waals surface area (Å²) in [6.07, 6.45) is 0. The van der Waals surface area contributed by atoms with Gasteiger partial charge in [0.05, 0.1) is 7.11 Å². The lowest BCUT2D eigenvalue weighted by molar-refractivity contribution is 0.0511. The third kappa shape index (κ3) is 3.17. The first-order valence-electron chi connectivity index (χ1n) is 5.84. The average Bonchev–Trinajstić information content (AvgIpc) is 2.46. The van der Waals surface area contributed by atoms with Crippen molar-refractivity contribution in [1.29, 1.82) is 0 Å². The minimum atomic E-state index is 0.212. The molecule has 0 bridgehead atoms. The van der Waals surface area contributed by atoms with E-state index in [9.17, 15) is 5.11 Å². The number of rotatable bonds is 5. The normalized spacial score (nSPS) is 10.2. The van der Waals surface area contributed by atoms with E-state index >= 15 is 0 Å². The SMILES string of the molecule is COCOc1ccc(-c2cc(OC)ccc2O)cc1. The summed E-state index contributed by atoms with van der Waals surface area (Å²) in [4.78, 5) is 0. The highest BCUT2D eigenvalue weighted by molar-refractivity contribution is 5.72. The molecule has 100 valence electrons. The lowest BCUT2D eigenvalue weighted by atomic mass is 10.0. The van der Waals surface area contributed by atoms with Crippen LogP contribution in [0, 0.1) is 0 Å². The molecule has 0 saturated heterocycles. The minimum Gasteiger partial charge on any atom is -0.507 e. The van der Waals surface area contributed by atoms with Crippen LogP contribution in [0.1, 0.15) is 0 Å². The van der Waals surface area contributed by atoms with Crippen LogP contribution in [0.3, 0.4) is 0 Å². The summed E-state index contributed by atoms with van der Waals surface area (Å²) in [5.74, 6) is 1.63. The van der Waals surface area contributed by atoms with Gasteiger partial charge in [-0.1, -0.05) is 12.1 Å². The number of hydrogen-bond acceptors (Lipinski definition) is 4. The maximum Gasteiger partial charge on any atom is 0.188 e. The molecule has 0 radical (unpaired) electrons. The van der Waals surface area contributed by atoms with Crippen molar-refractivity contribution >= 4 is 0 Å². The Hall–Kier alpha value is -2.20. The monoisotopic (exact) mass is 260 g/mol. The second-order valence-electron chi connectivity index (χ2n) is 3.96. The van der Waals surface area contributed by atoms with Gasteiger partial charge in [0.1, 0.15) is 17.2 Å². The van der Waals surface area contributed by atoms with Crippen LogP contribution in [0.5, 0.6) is 17.2 Å². The van der Waals surface area contributed by atoms with Crippen molar-refractivity contribution in [2.75, 3.05) is 21.0 Å². The van der Waals surface area contributed by atoms with Crippen molar-refractivity contribution in [3.63, 3.8) is 0 Å². The third-order valence-electron chi connectivity index (χ3n) is 2.71. The Labute approximate surface area is 112 Å². The number of hydrogen-bond donors (Lipinski definition) is 1. The molecule has 4 heteroatoms. The molecule has 0 fully saturated rings. The molecule has 1 N–H and O–H groups in total. The summed E-state index contributed by atoms with van der Waals surface area (Å²) in [5, 5.41) is 9.89. The number of phenols is 1. The predicted molar refractivity (Wildman–Crippen MR) is 72.6 cm³/mol. The topological polar surface area (TPSA) is 47.9 Å². The second-order valence-corrected chi connectivity index (χ2v) is 3.96. The quantitative estimate of drug-likeness (QED) is 0.839. The minimum absolute atomic E-state index is 0.212. The van der Waals surface area contributed by atoms with Gasteiger partial charge in [0, 0.05) is 12.7 Å². The summed E-state index contributed by atoms with van der Waals surface area (Å²) in [7, 11) is 3.17. The third-order valence-corrected chi connectivity index (χ3v) is 2.71. The number of benzene rings is 2. The highest BCUT2D eigenvalue weighted by atomic mass is 16.7. The van der Waals surface area contributed by atoms with E-state index in [0.29, 0.717) is 11.5 Å². The van der Waals surface area contributed by atoms with E-state index in [1.54, 1.807) is 32.4 Å². The Balaban J connectivity index is 2.26. The van der Waals surface area contributed by atoms with Crippen molar-refractivity contribution in [3.8, 4) is 28.4 Å². The summed E-state index contributed by atoms with van der Waals surface area (Å²) >= 11 is 0. The summed E-state index contributed by atoms with van der Waals surface area (Å²) in [6.45, 7) is 0.212. The van der Waals surface area contributed by atoms with Crippen LogP contribution in [-0.2, 0) is 4.74 Å². The Morgan fingerprint density at radius 2 is 1.63 bits per heavy atom. The zero-order valence-electron chi connectivity index (χ0n) is 10.9. The Morgan fingerprint density at radius 3 is 2.26 bits per heavy atom. The smallest absolute Gasteiger partial charge is 0.188 e. The van der Waals surface area contributed by atoms with Gasteiger partial charge in [-0.25, -0.2) is 0 Å². The average molecular weight is 260 g/mol. The van der Waals surface area contributed by atoms with Gasteiger partial charge in [0.2, 0.25) is 0 Å². The van der Waals surface area contributed by atoms with Gasteiger partial charge < -0.3 is 19.3 Å². The molecule has 0 saturated carbocycles. The van der Waals surface area contributed by atoms with Crippen LogP contribution in [0.4, 0.5) is 0 Å².